The first-order chi connectivity index (χ1) is 24.8. The molecule has 2 heterocycles. The van der Waals surface area contributed by atoms with E-state index in [1.165, 1.54) is 98.4 Å². The molecule has 0 saturated heterocycles. The average Bonchev–Trinajstić information content (AvgIpc) is 3.70. The Balaban J connectivity index is 1.12. The van der Waals surface area contributed by atoms with Crippen LogP contribution >= 0.6 is 0 Å². The van der Waals surface area contributed by atoms with Crippen molar-refractivity contribution >= 4 is 75.9 Å². The lowest BCUT2D eigenvalue weighted by atomic mass is 9.94. The Morgan fingerprint density at radius 3 is 1.16 bits per heavy atom. The highest BCUT2D eigenvalue weighted by molar-refractivity contribution is 6.25. The highest BCUT2D eigenvalue weighted by Crippen LogP contribution is 2.40. The summed E-state index contributed by atoms with van der Waals surface area (Å²) in [4.78, 5) is 0. The fourth-order valence-electron chi connectivity index (χ4n) is 8.47. The molecule has 0 spiro atoms. The summed E-state index contributed by atoms with van der Waals surface area (Å²) in [5, 5.41) is 12.8. The first-order valence-corrected chi connectivity index (χ1v) is 17.3. The molecular formula is C48H30N2. The zero-order chi connectivity index (χ0) is 32.8. The van der Waals surface area contributed by atoms with Crippen LogP contribution < -0.4 is 0 Å². The van der Waals surface area contributed by atoms with E-state index in [-0.39, 0.29) is 0 Å². The van der Waals surface area contributed by atoms with E-state index in [2.05, 4.69) is 191 Å². The predicted molar refractivity (Wildman–Crippen MR) is 213 cm³/mol. The molecule has 0 bridgehead atoms. The summed E-state index contributed by atoms with van der Waals surface area (Å²) in [5.74, 6) is 0. The smallest absolute Gasteiger partial charge is 0.0541 e. The summed E-state index contributed by atoms with van der Waals surface area (Å²) in [7, 11) is 0. The van der Waals surface area contributed by atoms with E-state index >= 15 is 0 Å². The number of hydrogen-bond donors (Lipinski definition) is 0. The maximum Gasteiger partial charge on any atom is 0.0541 e. The molecule has 0 fully saturated rings. The van der Waals surface area contributed by atoms with Gasteiger partial charge in [0, 0.05) is 32.9 Å². The number of rotatable bonds is 3. The Morgan fingerprint density at radius 2 is 0.620 bits per heavy atom. The minimum atomic E-state index is 1.17. The fraction of sp³-hybridized carbons (Fsp3) is 0. The van der Waals surface area contributed by atoms with Crippen LogP contribution in [0.3, 0.4) is 0 Å². The molecule has 232 valence electrons. The van der Waals surface area contributed by atoms with Crippen LogP contribution in [0.15, 0.2) is 182 Å². The molecule has 0 aliphatic rings. The monoisotopic (exact) mass is 634 g/mol. The maximum absolute atomic E-state index is 2.44. The van der Waals surface area contributed by atoms with Gasteiger partial charge in [-0.25, -0.2) is 0 Å². The van der Waals surface area contributed by atoms with Gasteiger partial charge < -0.3 is 9.13 Å². The van der Waals surface area contributed by atoms with Gasteiger partial charge in [-0.1, -0.05) is 121 Å². The van der Waals surface area contributed by atoms with Gasteiger partial charge in [0.05, 0.1) is 22.1 Å². The summed E-state index contributed by atoms with van der Waals surface area (Å²) in [5.41, 5.74) is 9.65. The van der Waals surface area contributed by atoms with Gasteiger partial charge in [0.15, 0.2) is 0 Å². The number of benzene rings is 9. The van der Waals surface area contributed by atoms with Gasteiger partial charge in [-0.05, 0) is 104 Å². The minimum Gasteiger partial charge on any atom is -0.309 e. The molecule has 0 N–H and O–H groups in total. The van der Waals surface area contributed by atoms with Crippen LogP contribution in [-0.4, -0.2) is 9.13 Å². The van der Waals surface area contributed by atoms with Crippen molar-refractivity contribution in [2.24, 2.45) is 0 Å². The highest BCUT2D eigenvalue weighted by Gasteiger charge is 2.17. The summed E-state index contributed by atoms with van der Waals surface area (Å²) in [6.07, 6.45) is 0. The van der Waals surface area contributed by atoms with Crippen LogP contribution in [0.4, 0.5) is 0 Å². The van der Waals surface area contributed by atoms with Gasteiger partial charge in [0.2, 0.25) is 0 Å². The zero-order valence-corrected chi connectivity index (χ0v) is 27.2. The van der Waals surface area contributed by atoms with Crippen molar-refractivity contribution < 1.29 is 0 Å². The summed E-state index contributed by atoms with van der Waals surface area (Å²) >= 11 is 0. The average molecular weight is 635 g/mol. The van der Waals surface area contributed by atoms with Gasteiger partial charge in [-0.3, -0.25) is 0 Å². The molecule has 0 unspecified atom stereocenters. The Kier molecular flexibility index (Phi) is 5.70. The molecule has 2 heteroatoms. The van der Waals surface area contributed by atoms with E-state index in [0.717, 1.165) is 0 Å². The minimum absolute atomic E-state index is 1.17. The number of para-hydroxylation sites is 3. The molecule has 9 aromatic carbocycles. The third-order valence-corrected chi connectivity index (χ3v) is 10.7. The Labute approximate surface area is 288 Å². The molecule has 0 radical (unpaired) electrons. The lowest BCUT2D eigenvalue weighted by molar-refractivity contribution is 1.18. The summed E-state index contributed by atoms with van der Waals surface area (Å²) < 4.78 is 4.81. The number of aromatic nitrogens is 2. The van der Waals surface area contributed by atoms with Crippen molar-refractivity contribution in [1.82, 2.24) is 9.13 Å². The second kappa shape index (κ2) is 10.4. The van der Waals surface area contributed by atoms with Crippen molar-refractivity contribution in [3.63, 3.8) is 0 Å². The Hall–Kier alpha value is -6.64. The molecule has 2 nitrogen and oxygen atoms in total. The van der Waals surface area contributed by atoms with Crippen molar-refractivity contribution in [2.45, 2.75) is 0 Å². The highest BCUT2D eigenvalue weighted by atomic mass is 15.0. The second-order valence-corrected chi connectivity index (χ2v) is 13.3. The molecule has 2 aromatic heterocycles. The summed E-state index contributed by atoms with van der Waals surface area (Å²) in [6.45, 7) is 0. The molecule has 50 heavy (non-hydrogen) atoms. The van der Waals surface area contributed by atoms with E-state index in [4.69, 9.17) is 0 Å². The number of fused-ring (bicyclic) bond motifs is 12. The van der Waals surface area contributed by atoms with Gasteiger partial charge in [0.25, 0.3) is 0 Å². The van der Waals surface area contributed by atoms with Crippen LogP contribution in [0.1, 0.15) is 0 Å². The number of hydrogen-bond acceptors (Lipinski definition) is 0. The van der Waals surface area contributed by atoms with Crippen LogP contribution in [0.25, 0.3) is 98.4 Å². The van der Waals surface area contributed by atoms with Crippen LogP contribution in [0.2, 0.25) is 0 Å². The van der Waals surface area contributed by atoms with E-state index in [1.807, 2.05) is 0 Å². The predicted octanol–water partition coefficient (Wildman–Crippen LogP) is 13.0. The molecule has 0 atom stereocenters. The van der Waals surface area contributed by atoms with Crippen LogP contribution in [0.5, 0.6) is 0 Å². The second-order valence-electron chi connectivity index (χ2n) is 13.3. The van der Waals surface area contributed by atoms with Gasteiger partial charge >= 0.3 is 0 Å². The van der Waals surface area contributed by atoms with Gasteiger partial charge in [-0.15, -0.1) is 0 Å². The first kappa shape index (κ1) is 27.3. The molecule has 0 saturated carbocycles. The third kappa shape index (κ3) is 3.85. The number of nitrogens with zero attached hydrogens (tertiary/aromatic N) is 2. The molecule has 0 aliphatic heterocycles. The van der Waals surface area contributed by atoms with E-state index < -0.39 is 0 Å². The normalized spacial score (nSPS) is 12.0. The fourth-order valence-corrected chi connectivity index (χ4v) is 8.47. The van der Waals surface area contributed by atoms with E-state index in [9.17, 15) is 0 Å². The molecule has 11 rings (SSSR count). The van der Waals surface area contributed by atoms with E-state index in [1.54, 1.807) is 0 Å². The summed E-state index contributed by atoms with van der Waals surface area (Å²) in [6, 6.07) is 66.7. The molecule has 0 amide bonds. The van der Waals surface area contributed by atoms with Crippen LogP contribution in [-0.2, 0) is 0 Å². The van der Waals surface area contributed by atoms with Gasteiger partial charge in [-0.2, -0.15) is 0 Å². The maximum atomic E-state index is 2.44. The lowest BCUT2D eigenvalue weighted by Crippen LogP contribution is -1.94. The SMILES string of the molecule is c1ccc(-n2c3ccccc3c3cc(-c4ccc5c(c4)c4ccccc4n5-c4ccc5c6ccccc6c6ccccc6c5c4)ccc32)cc1. The third-order valence-electron chi connectivity index (χ3n) is 10.7. The van der Waals surface area contributed by atoms with Crippen molar-refractivity contribution in [3.05, 3.63) is 182 Å². The standard InChI is InChI=1S/C48H30N2/c1-2-12-33(13-3-1)49-45-20-10-8-18-40(45)43-28-31(22-26-47(43)49)32-23-27-48-44(29-32)41-19-9-11-21-46(41)50(48)34-24-25-39-37-16-5-4-14-35(37)36-15-6-7-17-38(36)42(39)30-34/h1-30H. The van der Waals surface area contributed by atoms with Crippen molar-refractivity contribution in [3.8, 4) is 22.5 Å². The molecule has 11 aromatic rings. The van der Waals surface area contributed by atoms with Crippen LogP contribution in [0, 0.1) is 0 Å². The zero-order valence-electron chi connectivity index (χ0n) is 27.2. The molecular weight excluding hydrogens is 605 g/mol. The Morgan fingerprint density at radius 1 is 0.220 bits per heavy atom. The molecule has 0 aliphatic carbocycles. The Bertz CT molecular complexity index is 3110. The van der Waals surface area contributed by atoms with Crippen molar-refractivity contribution in [1.29, 1.82) is 0 Å². The lowest BCUT2D eigenvalue weighted by Gasteiger charge is -2.14. The van der Waals surface area contributed by atoms with Crippen molar-refractivity contribution in [2.75, 3.05) is 0 Å². The quantitative estimate of drug-likeness (QED) is 0.171. The topological polar surface area (TPSA) is 9.86 Å². The largest absolute Gasteiger partial charge is 0.309 e. The first-order valence-electron chi connectivity index (χ1n) is 17.3. The van der Waals surface area contributed by atoms with E-state index in [0.29, 0.717) is 0 Å². The van der Waals surface area contributed by atoms with Gasteiger partial charge in [0.1, 0.15) is 0 Å².